The van der Waals surface area contributed by atoms with Gasteiger partial charge in [0.1, 0.15) is 0 Å². The fourth-order valence-corrected chi connectivity index (χ4v) is 3.38. The molecule has 1 rings (SSSR count). The Morgan fingerprint density at radius 3 is 2.79 bits per heavy atom. The van der Waals surface area contributed by atoms with Gasteiger partial charge in [0.2, 0.25) is 0 Å². The fraction of sp³-hybridized carbons (Fsp3) is 0.933. The molecular formula is C15H30N2OS. The van der Waals surface area contributed by atoms with Crippen LogP contribution in [0.5, 0.6) is 0 Å². The van der Waals surface area contributed by atoms with Gasteiger partial charge in [-0.3, -0.25) is 4.99 Å². The van der Waals surface area contributed by atoms with E-state index >= 15 is 0 Å². The highest BCUT2D eigenvalue weighted by molar-refractivity contribution is 8.14. The Bertz CT molecular complexity index is 284. The standard InChI is InChI=1S/C15H30N2OS/c1-12(2)11-18-8-6-7-16-14-17-10-13(19-14)9-15(3,4)5/h12-13H,6-11H2,1-5H3,(H,16,17). The molecule has 0 spiro atoms. The van der Waals surface area contributed by atoms with Crippen molar-refractivity contribution in [1.29, 1.82) is 0 Å². The van der Waals surface area contributed by atoms with Crippen molar-refractivity contribution in [3.63, 3.8) is 0 Å². The van der Waals surface area contributed by atoms with E-state index in [2.05, 4.69) is 44.9 Å². The molecule has 1 aliphatic heterocycles. The smallest absolute Gasteiger partial charge is 0.156 e. The molecule has 0 aromatic rings. The molecule has 0 aliphatic carbocycles. The molecule has 0 radical (unpaired) electrons. The van der Waals surface area contributed by atoms with Gasteiger partial charge in [-0.15, -0.1) is 0 Å². The van der Waals surface area contributed by atoms with Gasteiger partial charge < -0.3 is 10.1 Å². The molecule has 1 atom stereocenters. The second-order valence-electron chi connectivity index (χ2n) is 6.90. The van der Waals surface area contributed by atoms with E-state index in [-0.39, 0.29) is 0 Å². The molecule has 19 heavy (non-hydrogen) atoms. The van der Waals surface area contributed by atoms with Crippen LogP contribution in [-0.4, -0.2) is 36.7 Å². The van der Waals surface area contributed by atoms with Crippen LogP contribution in [0.25, 0.3) is 0 Å². The second-order valence-corrected chi connectivity index (χ2v) is 8.19. The Labute approximate surface area is 123 Å². The van der Waals surface area contributed by atoms with Crippen molar-refractivity contribution in [2.45, 2.75) is 52.7 Å². The summed E-state index contributed by atoms with van der Waals surface area (Å²) >= 11 is 1.90. The first-order valence-electron chi connectivity index (χ1n) is 7.39. The van der Waals surface area contributed by atoms with Crippen LogP contribution < -0.4 is 5.32 Å². The van der Waals surface area contributed by atoms with Crippen LogP contribution in [0.1, 0.15) is 47.5 Å². The van der Waals surface area contributed by atoms with E-state index in [0.29, 0.717) is 16.6 Å². The Morgan fingerprint density at radius 2 is 2.16 bits per heavy atom. The van der Waals surface area contributed by atoms with Crippen molar-refractivity contribution in [3.05, 3.63) is 0 Å². The van der Waals surface area contributed by atoms with Crippen LogP contribution in [-0.2, 0) is 4.74 Å². The molecule has 0 aromatic carbocycles. The quantitative estimate of drug-likeness (QED) is 0.727. The summed E-state index contributed by atoms with van der Waals surface area (Å²) in [5.74, 6) is 0.626. The molecule has 1 N–H and O–H groups in total. The molecule has 1 aliphatic rings. The highest BCUT2D eigenvalue weighted by atomic mass is 32.2. The van der Waals surface area contributed by atoms with Crippen LogP contribution >= 0.6 is 11.8 Å². The monoisotopic (exact) mass is 286 g/mol. The SMILES string of the molecule is CC(C)COCCCNC1=NCC(CC(C)(C)C)S1. The van der Waals surface area contributed by atoms with Crippen molar-refractivity contribution in [1.82, 2.24) is 5.32 Å². The zero-order valence-corrected chi connectivity index (χ0v) is 14.0. The molecule has 0 saturated heterocycles. The van der Waals surface area contributed by atoms with Crippen molar-refractivity contribution in [2.75, 3.05) is 26.3 Å². The number of nitrogens with zero attached hydrogens (tertiary/aromatic N) is 1. The van der Waals surface area contributed by atoms with Gasteiger partial charge in [0.25, 0.3) is 0 Å². The summed E-state index contributed by atoms with van der Waals surface area (Å²) in [7, 11) is 0. The van der Waals surface area contributed by atoms with Gasteiger partial charge in [-0.05, 0) is 24.2 Å². The lowest BCUT2D eigenvalue weighted by Gasteiger charge is -2.21. The molecule has 1 heterocycles. The predicted octanol–water partition coefficient (Wildman–Crippen LogP) is 3.55. The van der Waals surface area contributed by atoms with E-state index < -0.39 is 0 Å². The Balaban J connectivity index is 2.03. The van der Waals surface area contributed by atoms with E-state index in [1.165, 1.54) is 6.42 Å². The maximum atomic E-state index is 5.56. The first-order valence-corrected chi connectivity index (χ1v) is 8.27. The number of thioether (sulfide) groups is 1. The molecule has 0 amide bonds. The van der Waals surface area contributed by atoms with E-state index in [1.54, 1.807) is 0 Å². The third kappa shape index (κ3) is 8.53. The van der Waals surface area contributed by atoms with Gasteiger partial charge in [-0.1, -0.05) is 46.4 Å². The lowest BCUT2D eigenvalue weighted by molar-refractivity contribution is 0.108. The second kappa shape index (κ2) is 8.15. The van der Waals surface area contributed by atoms with Gasteiger partial charge in [-0.25, -0.2) is 0 Å². The summed E-state index contributed by atoms with van der Waals surface area (Å²) in [4.78, 5) is 4.58. The topological polar surface area (TPSA) is 33.6 Å². The van der Waals surface area contributed by atoms with Crippen molar-refractivity contribution in [2.24, 2.45) is 16.3 Å². The number of nitrogens with one attached hydrogen (secondary N) is 1. The van der Waals surface area contributed by atoms with Gasteiger partial charge in [-0.2, -0.15) is 0 Å². The average molecular weight is 286 g/mol. The molecule has 112 valence electrons. The summed E-state index contributed by atoms with van der Waals surface area (Å²) in [6, 6.07) is 0. The number of rotatable bonds is 7. The number of hydrogen-bond acceptors (Lipinski definition) is 4. The van der Waals surface area contributed by atoms with E-state index in [0.717, 1.165) is 37.9 Å². The normalized spacial score (nSPS) is 19.9. The maximum Gasteiger partial charge on any atom is 0.156 e. The predicted molar refractivity (Wildman–Crippen MR) is 86.0 cm³/mol. The summed E-state index contributed by atoms with van der Waals surface area (Å²) in [5.41, 5.74) is 0.396. The third-order valence-corrected chi connectivity index (χ3v) is 3.90. The van der Waals surface area contributed by atoms with Crippen LogP contribution in [0.15, 0.2) is 4.99 Å². The first-order chi connectivity index (χ1) is 8.87. The zero-order chi connectivity index (χ0) is 14.3. The summed E-state index contributed by atoms with van der Waals surface area (Å²) in [6.07, 6.45) is 2.28. The minimum Gasteiger partial charge on any atom is -0.381 e. The number of hydrogen-bond donors (Lipinski definition) is 1. The van der Waals surface area contributed by atoms with E-state index in [1.807, 2.05) is 11.8 Å². The first kappa shape index (κ1) is 16.8. The molecule has 0 fully saturated rings. The van der Waals surface area contributed by atoms with Gasteiger partial charge in [0, 0.05) is 25.0 Å². The largest absolute Gasteiger partial charge is 0.381 e. The van der Waals surface area contributed by atoms with Crippen molar-refractivity contribution in [3.8, 4) is 0 Å². The van der Waals surface area contributed by atoms with Gasteiger partial charge >= 0.3 is 0 Å². The van der Waals surface area contributed by atoms with E-state index in [9.17, 15) is 0 Å². The van der Waals surface area contributed by atoms with Crippen LogP contribution in [0.4, 0.5) is 0 Å². The summed E-state index contributed by atoms with van der Waals surface area (Å²) in [5, 5.41) is 5.19. The van der Waals surface area contributed by atoms with Gasteiger partial charge in [0.05, 0.1) is 6.54 Å². The van der Waals surface area contributed by atoms with E-state index in [4.69, 9.17) is 4.74 Å². The van der Waals surface area contributed by atoms with Gasteiger partial charge in [0.15, 0.2) is 5.17 Å². The minimum absolute atomic E-state index is 0.396. The average Bonchev–Trinajstić information content (AvgIpc) is 2.68. The number of amidine groups is 1. The molecule has 1 unspecified atom stereocenters. The van der Waals surface area contributed by atoms with Crippen molar-refractivity contribution < 1.29 is 4.74 Å². The Morgan fingerprint density at radius 1 is 1.42 bits per heavy atom. The highest BCUT2D eigenvalue weighted by Gasteiger charge is 2.24. The molecule has 3 nitrogen and oxygen atoms in total. The molecule has 0 bridgehead atoms. The number of aliphatic imine (C=N–C) groups is 1. The highest BCUT2D eigenvalue weighted by Crippen LogP contribution is 2.31. The summed E-state index contributed by atoms with van der Waals surface area (Å²) < 4.78 is 5.56. The zero-order valence-electron chi connectivity index (χ0n) is 13.2. The van der Waals surface area contributed by atoms with Crippen LogP contribution in [0, 0.1) is 11.3 Å². The lowest BCUT2D eigenvalue weighted by Crippen LogP contribution is -2.23. The maximum absolute atomic E-state index is 5.56. The molecule has 4 heteroatoms. The summed E-state index contributed by atoms with van der Waals surface area (Å²) in [6.45, 7) is 14.9. The van der Waals surface area contributed by atoms with Crippen molar-refractivity contribution >= 4 is 16.9 Å². The molecule has 0 aromatic heterocycles. The Hall–Kier alpha value is -0.220. The molecular weight excluding hydrogens is 256 g/mol. The molecule has 0 saturated carbocycles. The third-order valence-electron chi connectivity index (χ3n) is 2.75. The van der Waals surface area contributed by atoms with Crippen LogP contribution in [0.3, 0.4) is 0 Å². The van der Waals surface area contributed by atoms with Crippen LogP contribution in [0.2, 0.25) is 0 Å². The Kier molecular flexibility index (Phi) is 7.22. The fourth-order valence-electron chi connectivity index (χ4n) is 1.99. The lowest BCUT2D eigenvalue weighted by atomic mass is 9.90. The number of ether oxygens (including phenoxy) is 1. The minimum atomic E-state index is 0.396.